The maximum absolute atomic E-state index is 13.6. The lowest BCUT2D eigenvalue weighted by molar-refractivity contribution is -0.139. The lowest BCUT2D eigenvalue weighted by Gasteiger charge is -2.29. The van der Waals surface area contributed by atoms with Crippen LogP contribution in [-0.2, 0) is 16.1 Å². The van der Waals surface area contributed by atoms with Crippen LogP contribution in [0.4, 0.5) is 5.95 Å². The smallest absolute Gasteiger partial charge is 0.338 e. The fourth-order valence-corrected chi connectivity index (χ4v) is 6.39. The Labute approximate surface area is 250 Å². The first-order valence-corrected chi connectivity index (χ1v) is 15.1. The number of para-hydroxylation sites is 1. The fraction of sp³-hybridized carbons (Fsp3) is 0.200. The SMILES string of the molecule is CCOC(=O)C1=C(CSc2nnc(-c3ccccc3)s2)Nc2nnnn2C1c1ccccc1OCc1ccc(C)cc1. The predicted octanol–water partition coefficient (Wildman–Crippen LogP) is 5.70. The van der Waals surface area contributed by atoms with Crippen LogP contribution in [-0.4, -0.2) is 48.7 Å². The Balaban J connectivity index is 1.34. The molecule has 2 aromatic heterocycles. The first kappa shape index (κ1) is 27.6. The number of aromatic nitrogens is 6. The van der Waals surface area contributed by atoms with Crippen molar-refractivity contribution in [3.8, 4) is 16.3 Å². The van der Waals surface area contributed by atoms with Gasteiger partial charge in [-0.3, -0.25) is 0 Å². The molecule has 0 bridgehead atoms. The van der Waals surface area contributed by atoms with Crippen LogP contribution in [0, 0.1) is 6.92 Å². The predicted molar refractivity (Wildman–Crippen MR) is 161 cm³/mol. The Morgan fingerprint density at radius 1 is 1.00 bits per heavy atom. The van der Waals surface area contributed by atoms with Crippen LogP contribution >= 0.6 is 23.1 Å². The summed E-state index contributed by atoms with van der Waals surface area (Å²) in [6.45, 7) is 4.42. The molecular formula is C30H27N7O3S2. The van der Waals surface area contributed by atoms with E-state index in [1.807, 2.05) is 73.7 Å². The summed E-state index contributed by atoms with van der Waals surface area (Å²) in [6.07, 6.45) is 0. The molecule has 1 atom stereocenters. The molecule has 0 amide bonds. The number of benzene rings is 3. The molecular weight excluding hydrogens is 571 g/mol. The van der Waals surface area contributed by atoms with E-state index in [1.165, 1.54) is 28.7 Å². The lowest BCUT2D eigenvalue weighted by Crippen LogP contribution is -2.31. The van der Waals surface area contributed by atoms with Gasteiger partial charge in [-0.1, -0.05) is 107 Å². The number of hydrogen-bond donors (Lipinski definition) is 1. The first-order valence-electron chi connectivity index (χ1n) is 13.3. The summed E-state index contributed by atoms with van der Waals surface area (Å²) in [6, 6.07) is 25.0. The molecule has 0 spiro atoms. The van der Waals surface area contributed by atoms with E-state index in [1.54, 1.807) is 11.6 Å². The minimum atomic E-state index is -0.672. The molecule has 0 saturated carbocycles. The van der Waals surface area contributed by atoms with E-state index in [2.05, 4.69) is 43.2 Å². The quantitative estimate of drug-likeness (QED) is 0.159. The summed E-state index contributed by atoms with van der Waals surface area (Å²) < 4.78 is 14.2. The summed E-state index contributed by atoms with van der Waals surface area (Å²) in [5.41, 5.74) is 5.01. The molecule has 3 heterocycles. The summed E-state index contributed by atoms with van der Waals surface area (Å²) in [7, 11) is 0. The minimum absolute atomic E-state index is 0.223. The summed E-state index contributed by atoms with van der Waals surface area (Å²) in [4.78, 5) is 13.6. The largest absolute Gasteiger partial charge is 0.489 e. The average molecular weight is 598 g/mol. The molecule has 10 nitrogen and oxygen atoms in total. The van der Waals surface area contributed by atoms with Gasteiger partial charge in [-0.2, -0.15) is 4.68 Å². The topological polar surface area (TPSA) is 117 Å². The van der Waals surface area contributed by atoms with Crippen molar-refractivity contribution in [1.82, 2.24) is 30.4 Å². The van der Waals surface area contributed by atoms with E-state index < -0.39 is 12.0 Å². The van der Waals surface area contributed by atoms with Gasteiger partial charge in [0.1, 0.15) is 23.4 Å². The second-order valence-electron chi connectivity index (χ2n) is 9.43. The molecule has 5 aromatic rings. The maximum Gasteiger partial charge on any atom is 0.338 e. The average Bonchev–Trinajstić information content (AvgIpc) is 3.70. The number of carbonyl (C=O) groups excluding carboxylic acids is 1. The van der Waals surface area contributed by atoms with Crippen molar-refractivity contribution < 1.29 is 14.3 Å². The van der Waals surface area contributed by atoms with Crippen molar-refractivity contribution in [2.45, 2.75) is 30.8 Å². The normalized spacial score (nSPS) is 14.3. The van der Waals surface area contributed by atoms with Gasteiger partial charge in [0.2, 0.25) is 5.95 Å². The van der Waals surface area contributed by atoms with E-state index in [4.69, 9.17) is 9.47 Å². The van der Waals surface area contributed by atoms with Gasteiger partial charge in [0.25, 0.3) is 0 Å². The summed E-state index contributed by atoms with van der Waals surface area (Å²) in [5, 5.41) is 25.1. The van der Waals surface area contributed by atoms with Crippen molar-refractivity contribution in [3.05, 3.63) is 107 Å². The van der Waals surface area contributed by atoms with E-state index in [0.717, 1.165) is 26.0 Å². The van der Waals surface area contributed by atoms with Gasteiger partial charge in [0.05, 0.1) is 12.2 Å². The van der Waals surface area contributed by atoms with Crippen LogP contribution in [0.3, 0.4) is 0 Å². The van der Waals surface area contributed by atoms with Gasteiger partial charge in [-0.15, -0.1) is 10.2 Å². The van der Waals surface area contributed by atoms with Crippen molar-refractivity contribution in [2.24, 2.45) is 0 Å². The Bertz CT molecular complexity index is 1720. The highest BCUT2D eigenvalue weighted by atomic mass is 32.2. The number of aryl methyl sites for hydroxylation is 1. The molecule has 0 aliphatic carbocycles. The molecule has 0 saturated heterocycles. The second-order valence-corrected chi connectivity index (χ2v) is 11.6. The van der Waals surface area contributed by atoms with Gasteiger partial charge < -0.3 is 14.8 Å². The van der Waals surface area contributed by atoms with Crippen LogP contribution in [0.5, 0.6) is 5.75 Å². The molecule has 0 radical (unpaired) electrons. The van der Waals surface area contributed by atoms with Crippen molar-refractivity contribution in [1.29, 1.82) is 0 Å². The number of rotatable bonds is 10. The Kier molecular flexibility index (Phi) is 8.24. The number of thioether (sulfide) groups is 1. The van der Waals surface area contributed by atoms with Crippen molar-refractivity contribution in [2.75, 3.05) is 17.7 Å². The highest BCUT2D eigenvalue weighted by molar-refractivity contribution is 8.01. The monoisotopic (exact) mass is 597 g/mol. The molecule has 212 valence electrons. The summed E-state index contributed by atoms with van der Waals surface area (Å²) in [5.74, 6) is 0.978. The van der Waals surface area contributed by atoms with Crippen molar-refractivity contribution >= 4 is 35.0 Å². The number of nitrogens with zero attached hydrogens (tertiary/aromatic N) is 6. The number of tetrazole rings is 1. The van der Waals surface area contributed by atoms with E-state index in [0.29, 0.717) is 35.3 Å². The molecule has 1 aliphatic rings. The molecule has 42 heavy (non-hydrogen) atoms. The Morgan fingerprint density at radius 2 is 1.79 bits per heavy atom. The number of anilines is 1. The number of nitrogens with one attached hydrogen (secondary N) is 1. The zero-order chi connectivity index (χ0) is 28.9. The second kappa shape index (κ2) is 12.5. The Morgan fingerprint density at radius 3 is 2.60 bits per heavy atom. The standard InChI is InChI=1S/C30H27N7O3S2/c1-3-39-28(38)25-23(18-41-30-34-32-27(42-30)21-9-5-4-6-10-21)31-29-33-35-36-37(29)26(25)22-11-7-8-12-24(22)40-17-20-15-13-19(2)14-16-20/h4-16,26H,3,17-18H2,1-2H3,(H,31,33,36). The molecule has 1 aliphatic heterocycles. The summed E-state index contributed by atoms with van der Waals surface area (Å²) >= 11 is 2.97. The third-order valence-electron chi connectivity index (χ3n) is 6.59. The van der Waals surface area contributed by atoms with Crippen molar-refractivity contribution in [3.63, 3.8) is 0 Å². The minimum Gasteiger partial charge on any atom is -0.489 e. The molecule has 3 aromatic carbocycles. The lowest BCUT2D eigenvalue weighted by atomic mass is 9.95. The number of carbonyl (C=O) groups is 1. The number of fused-ring (bicyclic) bond motifs is 1. The highest BCUT2D eigenvalue weighted by Gasteiger charge is 2.37. The fourth-order valence-electron chi connectivity index (χ4n) is 4.57. The third-order valence-corrected chi connectivity index (χ3v) is 8.72. The highest BCUT2D eigenvalue weighted by Crippen LogP contribution is 2.41. The molecule has 1 N–H and O–H groups in total. The zero-order valence-corrected chi connectivity index (χ0v) is 24.6. The Hall–Kier alpha value is -4.55. The van der Waals surface area contributed by atoms with E-state index in [9.17, 15) is 4.79 Å². The zero-order valence-electron chi connectivity index (χ0n) is 22.9. The molecule has 1 unspecified atom stereocenters. The molecule has 6 rings (SSSR count). The molecule has 0 fully saturated rings. The van der Waals surface area contributed by atoms with Gasteiger partial charge in [-0.05, 0) is 35.9 Å². The molecule has 12 heteroatoms. The van der Waals surface area contributed by atoms with Crippen LogP contribution in [0.2, 0.25) is 0 Å². The van der Waals surface area contributed by atoms with Crippen LogP contribution in [0.25, 0.3) is 10.6 Å². The van der Waals surface area contributed by atoms with Crippen LogP contribution < -0.4 is 10.1 Å². The third kappa shape index (κ3) is 5.90. The van der Waals surface area contributed by atoms with Crippen LogP contribution in [0.15, 0.2) is 94.5 Å². The van der Waals surface area contributed by atoms with Gasteiger partial charge in [0, 0.05) is 22.6 Å². The van der Waals surface area contributed by atoms with Gasteiger partial charge in [0.15, 0.2) is 4.34 Å². The first-order chi connectivity index (χ1) is 20.6. The van der Waals surface area contributed by atoms with E-state index in [-0.39, 0.29) is 6.61 Å². The van der Waals surface area contributed by atoms with E-state index >= 15 is 0 Å². The number of esters is 1. The number of hydrogen-bond acceptors (Lipinski definition) is 11. The number of ether oxygens (including phenoxy) is 2. The van der Waals surface area contributed by atoms with Gasteiger partial charge >= 0.3 is 5.97 Å². The van der Waals surface area contributed by atoms with Crippen LogP contribution in [0.1, 0.15) is 29.7 Å². The van der Waals surface area contributed by atoms with Gasteiger partial charge in [-0.25, -0.2) is 4.79 Å². The maximum atomic E-state index is 13.6.